The molecule has 2 aliphatic rings. The second kappa shape index (κ2) is 9.05. The molecule has 10 heteroatoms. The van der Waals surface area contributed by atoms with Gasteiger partial charge in [-0.15, -0.1) is 0 Å². The van der Waals surface area contributed by atoms with Crippen LogP contribution in [0.2, 0.25) is 5.02 Å². The van der Waals surface area contributed by atoms with Crippen LogP contribution in [-0.2, 0) is 17.9 Å². The predicted octanol–water partition coefficient (Wildman–Crippen LogP) is 3.93. The van der Waals surface area contributed by atoms with Crippen LogP contribution in [-0.4, -0.2) is 43.8 Å². The van der Waals surface area contributed by atoms with Gasteiger partial charge in [0.2, 0.25) is 5.91 Å². The number of amides is 3. The van der Waals surface area contributed by atoms with Gasteiger partial charge in [0.05, 0.1) is 23.6 Å². The number of rotatable bonds is 6. The van der Waals surface area contributed by atoms with Crippen molar-refractivity contribution in [3.8, 4) is 0 Å². The zero-order valence-corrected chi connectivity index (χ0v) is 20.6. The third-order valence-corrected chi connectivity index (χ3v) is 6.94. The second-order valence-corrected chi connectivity index (χ2v) is 9.90. The SMILES string of the molecule is Cc1ccc(NC(=O)c2ncn3c2C(=O)N(C2CC2)C(C)(C(=O)NCc2ccc(F)cc2)C3)c(Cl)c1. The van der Waals surface area contributed by atoms with Crippen LogP contribution < -0.4 is 10.6 Å². The maximum atomic E-state index is 13.7. The summed E-state index contributed by atoms with van der Waals surface area (Å²) in [5.41, 5.74) is 1.05. The Balaban J connectivity index is 1.40. The lowest BCUT2D eigenvalue weighted by molar-refractivity contribution is -0.133. The molecule has 3 amide bonds. The number of aromatic nitrogens is 2. The van der Waals surface area contributed by atoms with E-state index < -0.39 is 17.4 Å². The molecule has 1 unspecified atom stereocenters. The number of halogens is 2. The summed E-state index contributed by atoms with van der Waals surface area (Å²) in [6.07, 6.45) is 2.97. The van der Waals surface area contributed by atoms with Crippen molar-refractivity contribution in [1.82, 2.24) is 19.8 Å². The van der Waals surface area contributed by atoms with E-state index in [4.69, 9.17) is 11.6 Å². The fraction of sp³-hybridized carbons (Fsp3) is 0.308. The molecule has 1 aliphatic carbocycles. The zero-order chi connectivity index (χ0) is 25.6. The van der Waals surface area contributed by atoms with Crippen LogP contribution in [0.1, 0.15) is 51.9 Å². The van der Waals surface area contributed by atoms with Crippen LogP contribution in [0, 0.1) is 12.7 Å². The average Bonchev–Trinajstić information content (AvgIpc) is 3.57. The van der Waals surface area contributed by atoms with Crippen LogP contribution in [0.25, 0.3) is 0 Å². The highest BCUT2D eigenvalue weighted by atomic mass is 35.5. The molecule has 1 atom stereocenters. The number of imidazole rings is 1. The van der Waals surface area contributed by atoms with Crippen molar-refractivity contribution < 1.29 is 18.8 Å². The summed E-state index contributed by atoms with van der Waals surface area (Å²) in [6.45, 7) is 3.95. The fourth-order valence-electron chi connectivity index (χ4n) is 4.60. The normalized spacial score (nSPS) is 19.1. The first-order valence-corrected chi connectivity index (χ1v) is 12.0. The number of hydrogen-bond donors (Lipinski definition) is 2. The molecule has 2 N–H and O–H groups in total. The van der Waals surface area contributed by atoms with Crippen molar-refractivity contribution in [3.63, 3.8) is 0 Å². The summed E-state index contributed by atoms with van der Waals surface area (Å²) in [7, 11) is 0. The van der Waals surface area contributed by atoms with E-state index in [9.17, 15) is 18.8 Å². The molecule has 1 aliphatic heterocycles. The Labute approximate surface area is 212 Å². The molecule has 0 bridgehead atoms. The number of benzene rings is 2. The minimum absolute atomic E-state index is 0.0175. The van der Waals surface area contributed by atoms with Crippen molar-refractivity contribution in [1.29, 1.82) is 0 Å². The van der Waals surface area contributed by atoms with Gasteiger partial charge >= 0.3 is 0 Å². The third-order valence-electron chi connectivity index (χ3n) is 6.62. The minimum Gasteiger partial charge on any atom is -0.350 e. The van der Waals surface area contributed by atoms with Crippen LogP contribution in [0.3, 0.4) is 0 Å². The summed E-state index contributed by atoms with van der Waals surface area (Å²) >= 11 is 6.26. The number of hydrogen-bond acceptors (Lipinski definition) is 4. The van der Waals surface area contributed by atoms with E-state index in [1.165, 1.54) is 18.5 Å². The number of nitrogens with zero attached hydrogens (tertiary/aromatic N) is 3. The van der Waals surface area contributed by atoms with E-state index in [1.54, 1.807) is 40.7 Å². The number of anilines is 1. The van der Waals surface area contributed by atoms with Crippen molar-refractivity contribution in [2.75, 3.05) is 5.32 Å². The highest BCUT2D eigenvalue weighted by Crippen LogP contribution is 2.39. The van der Waals surface area contributed by atoms with E-state index >= 15 is 0 Å². The van der Waals surface area contributed by atoms with Crippen molar-refractivity contribution in [2.45, 2.75) is 51.4 Å². The van der Waals surface area contributed by atoms with Gasteiger partial charge in [-0.1, -0.05) is 29.8 Å². The molecule has 1 saturated carbocycles. The van der Waals surface area contributed by atoms with Crippen LogP contribution in [0.5, 0.6) is 0 Å². The molecule has 8 nitrogen and oxygen atoms in total. The molecule has 2 aromatic carbocycles. The van der Waals surface area contributed by atoms with E-state index in [-0.39, 0.29) is 42.2 Å². The average molecular weight is 510 g/mol. The zero-order valence-electron chi connectivity index (χ0n) is 19.8. The second-order valence-electron chi connectivity index (χ2n) is 9.50. The van der Waals surface area contributed by atoms with E-state index in [1.807, 2.05) is 13.0 Å². The number of carbonyl (C=O) groups excluding carboxylic acids is 3. The first-order valence-electron chi connectivity index (χ1n) is 11.7. The van der Waals surface area contributed by atoms with E-state index in [0.717, 1.165) is 24.0 Å². The maximum Gasteiger partial charge on any atom is 0.276 e. The van der Waals surface area contributed by atoms with Gasteiger partial charge in [0.25, 0.3) is 11.8 Å². The number of fused-ring (bicyclic) bond motifs is 1. The molecule has 0 spiro atoms. The topological polar surface area (TPSA) is 96.3 Å². The van der Waals surface area contributed by atoms with Crippen molar-refractivity contribution in [3.05, 3.63) is 82.1 Å². The Morgan fingerprint density at radius 1 is 1.19 bits per heavy atom. The molecule has 5 rings (SSSR count). The number of carbonyl (C=O) groups is 3. The first kappa shape index (κ1) is 24.0. The van der Waals surface area contributed by atoms with Gasteiger partial charge in [-0.05, 0) is 62.1 Å². The largest absolute Gasteiger partial charge is 0.350 e. The lowest BCUT2D eigenvalue weighted by Crippen LogP contribution is -2.64. The van der Waals surface area contributed by atoms with Crippen molar-refractivity contribution in [2.24, 2.45) is 0 Å². The molecular weight excluding hydrogens is 485 g/mol. The van der Waals surface area contributed by atoms with E-state index in [0.29, 0.717) is 10.7 Å². The molecule has 0 radical (unpaired) electrons. The van der Waals surface area contributed by atoms with Crippen LogP contribution in [0.4, 0.5) is 10.1 Å². The minimum atomic E-state index is -1.18. The standard InChI is InChI=1S/C26H25ClFN5O3/c1-15-3-10-20(19(27)11-15)31-23(34)21-22-24(35)33(18-8-9-18)26(2,13-32(22)14-30-21)25(36)29-12-16-4-6-17(28)7-5-16/h3-7,10-11,14,18H,8-9,12-13H2,1-2H3,(H,29,36)(H,31,34). The summed E-state index contributed by atoms with van der Waals surface area (Å²) in [6, 6.07) is 11.0. The van der Waals surface area contributed by atoms with Crippen LogP contribution in [0.15, 0.2) is 48.8 Å². The summed E-state index contributed by atoms with van der Waals surface area (Å²) in [5.74, 6) is -1.65. The molecule has 1 aromatic heterocycles. The predicted molar refractivity (Wildman–Crippen MR) is 132 cm³/mol. The highest BCUT2D eigenvalue weighted by Gasteiger charge is 2.53. The lowest BCUT2D eigenvalue weighted by Gasteiger charge is -2.44. The smallest absolute Gasteiger partial charge is 0.276 e. The highest BCUT2D eigenvalue weighted by molar-refractivity contribution is 6.34. The van der Waals surface area contributed by atoms with Crippen LogP contribution >= 0.6 is 11.6 Å². The molecule has 0 saturated heterocycles. The Morgan fingerprint density at radius 2 is 1.92 bits per heavy atom. The first-order chi connectivity index (χ1) is 17.2. The third kappa shape index (κ3) is 4.35. The molecule has 2 heterocycles. The van der Waals surface area contributed by atoms with Gasteiger partial charge in [-0.3, -0.25) is 14.4 Å². The molecular formula is C26H25ClFN5O3. The number of nitrogens with one attached hydrogen (secondary N) is 2. The lowest BCUT2D eigenvalue weighted by atomic mass is 9.93. The summed E-state index contributed by atoms with van der Waals surface area (Å²) < 4.78 is 14.8. The Bertz CT molecular complexity index is 1370. The summed E-state index contributed by atoms with van der Waals surface area (Å²) in [4.78, 5) is 46.0. The molecule has 36 heavy (non-hydrogen) atoms. The van der Waals surface area contributed by atoms with Gasteiger partial charge in [0.15, 0.2) is 5.69 Å². The monoisotopic (exact) mass is 509 g/mol. The quantitative estimate of drug-likeness (QED) is 0.526. The van der Waals surface area contributed by atoms with Gasteiger partial charge in [0, 0.05) is 12.6 Å². The van der Waals surface area contributed by atoms with Gasteiger partial charge in [0.1, 0.15) is 17.1 Å². The van der Waals surface area contributed by atoms with Gasteiger partial charge < -0.3 is 20.1 Å². The van der Waals surface area contributed by atoms with Crippen molar-refractivity contribution >= 4 is 35.0 Å². The van der Waals surface area contributed by atoms with E-state index in [2.05, 4.69) is 15.6 Å². The number of aryl methyl sites for hydroxylation is 1. The fourth-order valence-corrected chi connectivity index (χ4v) is 4.88. The maximum absolute atomic E-state index is 13.7. The Kier molecular flexibility index (Phi) is 6.04. The molecule has 186 valence electrons. The molecule has 1 fully saturated rings. The Hall–Kier alpha value is -3.72. The Morgan fingerprint density at radius 3 is 2.58 bits per heavy atom. The van der Waals surface area contributed by atoms with Gasteiger partial charge in [-0.2, -0.15) is 0 Å². The van der Waals surface area contributed by atoms with Gasteiger partial charge in [-0.25, -0.2) is 9.37 Å². The molecule has 3 aromatic rings. The summed E-state index contributed by atoms with van der Waals surface area (Å²) in [5, 5.41) is 6.00.